The fourth-order valence-corrected chi connectivity index (χ4v) is 3.45. The number of hydrogen-bond donors (Lipinski definition) is 2. The maximum Gasteiger partial charge on any atom is 0.387 e. The Labute approximate surface area is 182 Å². The van der Waals surface area contributed by atoms with Gasteiger partial charge in [-0.15, -0.1) is 11.3 Å². The van der Waals surface area contributed by atoms with Crippen LogP contribution in [0.5, 0.6) is 5.75 Å². The number of aryl methyl sites for hydroxylation is 1. The maximum absolute atomic E-state index is 12.3. The van der Waals surface area contributed by atoms with Crippen molar-refractivity contribution in [1.29, 1.82) is 0 Å². The molecule has 0 radical (unpaired) electrons. The van der Waals surface area contributed by atoms with Crippen LogP contribution in [0.1, 0.15) is 20.9 Å². The molecule has 0 unspecified atom stereocenters. The first-order chi connectivity index (χ1) is 14.9. The number of carbonyl (C=O) groups is 2. The van der Waals surface area contributed by atoms with Crippen LogP contribution in [0.3, 0.4) is 0 Å². The topological polar surface area (TPSA) is 80.3 Å². The van der Waals surface area contributed by atoms with Crippen molar-refractivity contribution in [2.45, 2.75) is 20.0 Å². The van der Waals surface area contributed by atoms with Gasteiger partial charge in [0.05, 0.1) is 17.2 Å². The summed E-state index contributed by atoms with van der Waals surface area (Å²) in [5.74, 6) is -1.02. The molecule has 0 saturated heterocycles. The number of thiazole rings is 1. The summed E-state index contributed by atoms with van der Waals surface area (Å²) in [5, 5.41) is 8.22. The number of alkyl halides is 2. The Morgan fingerprint density at radius 2 is 1.90 bits per heavy atom. The minimum absolute atomic E-state index is 0.122. The molecule has 2 N–H and O–H groups in total. The molecule has 0 atom stereocenters. The highest BCUT2D eigenvalue weighted by molar-refractivity contribution is 7.09. The third-order valence-electron chi connectivity index (χ3n) is 4.34. The third-order valence-corrected chi connectivity index (χ3v) is 5.11. The van der Waals surface area contributed by atoms with Gasteiger partial charge in [-0.25, -0.2) is 4.98 Å². The average molecular weight is 445 g/mol. The molecule has 162 valence electrons. The van der Waals surface area contributed by atoms with Crippen molar-refractivity contribution in [3.05, 3.63) is 70.0 Å². The summed E-state index contributed by atoms with van der Waals surface area (Å²) in [7, 11) is 0. The van der Waals surface area contributed by atoms with Gasteiger partial charge in [0, 0.05) is 23.1 Å². The van der Waals surface area contributed by atoms with E-state index in [4.69, 9.17) is 0 Å². The number of carbonyl (C=O) groups excluding carboxylic acids is 2. The van der Waals surface area contributed by atoms with E-state index in [-0.39, 0.29) is 23.8 Å². The van der Waals surface area contributed by atoms with E-state index >= 15 is 0 Å². The molecule has 0 saturated carbocycles. The molecule has 3 rings (SSSR count). The fourth-order valence-electron chi connectivity index (χ4n) is 2.82. The van der Waals surface area contributed by atoms with E-state index in [0.29, 0.717) is 13.0 Å². The number of halogens is 2. The predicted molar refractivity (Wildman–Crippen MR) is 114 cm³/mol. The second-order valence-electron chi connectivity index (χ2n) is 6.64. The van der Waals surface area contributed by atoms with Gasteiger partial charge in [0.1, 0.15) is 5.75 Å². The molecule has 31 heavy (non-hydrogen) atoms. The van der Waals surface area contributed by atoms with Crippen molar-refractivity contribution in [2.24, 2.45) is 0 Å². The van der Waals surface area contributed by atoms with Crippen LogP contribution in [0.25, 0.3) is 11.3 Å². The Kier molecular flexibility index (Phi) is 7.66. The van der Waals surface area contributed by atoms with Gasteiger partial charge in [0.15, 0.2) is 0 Å². The maximum atomic E-state index is 12.3. The molecule has 2 aromatic carbocycles. The highest BCUT2D eigenvalue weighted by atomic mass is 32.1. The minimum atomic E-state index is -2.98. The number of amides is 2. The van der Waals surface area contributed by atoms with Crippen molar-refractivity contribution in [3.63, 3.8) is 0 Å². The van der Waals surface area contributed by atoms with Gasteiger partial charge in [-0.05, 0) is 37.1 Å². The molecule has 0 fully saturated rings. The number of nitrogens with zero attached hydrogens (tertiary/aromatic N) is 1. The molecule has 0 aliphatic heterocycles. The summed E-state index contributed by atoms with van der Waals surface area (Å²) in [6.45, 7) is -0.813. The summed E-state index contributed by atoms with van der Waals surface area (Å²) in [5.41, 5.74) is 3.18. The first kappa shape index (κ1) is 22.4. The van der Waals surface area contributed by atoms with Crippen molar-refractivity contribution in [2.75, 3.05) is 13.1 Å². The lowest BCUT2D eigenvalue weighted by Crippen LogP contribution is -2.37. The summed E-state index contributed by atoms with van der Waals surface area (Å²) in [4.78, 5) is 28.5. The van der Waals surface area contributed by atoms with E-state index in [0.717, 1.165) is 21.8 Å². The Bertz CT molecular complexity index is 1040. The van der Waals surface area contributed by atoms with Crippen LogP contribution >= 0.6 is 11.3 Å². The summed E-state index contributed by atoms with van der Waals surface area (Å²) in [6, 6.07) is 13.4. The molecule has 0 spiro atoms. The summed E-state index contributed by atoms with van der Waals surface area (Å²) >= 11 is 1.60. The van der Waals surface area contributed by atoms with E-state index in [1.807, 2.05) is 36.6 Å². The van der Waals surface area contributed by atoms with Crippen LogP contribution < -0.4 is 15.4 Å². The van der Waals surface area contributed by atoms with Crippen LogP contribution in [0.15, 0.2) is 53.9 Å². The molecule has 9 heteroatoms. The van der Waals surface area contributed by atoms with Crippen LogP contribution in [0.2, 0.25) is 0 Å². The quantitative estimate of drug-likeness (QED) is 0.525. The molecule has 0 aliphatic carbocycles. The van der Waals surface area contributed by atoms with E-state index < -0.39 is 12.5 Å². The third kappa shape index (κ3) is 6.85. The molecule has 0 bridgehead atoms. The van der Waals surface area contributed by atoms with Gasteiger partial charge in [0.25, 0.3) is 5.91 Å². The van der Waals surface area contributed by atoms with E-state index in [1.54, 1.807) is 11.3 Å². The van der Waals surface area contributed by atoms with Crippen LogP contribution in [-0.4, -0.2) is 36.5 Å². The first-order valence-corrected chi connectivity index (χ1v) is 10.4. The highest BCUT2D eigenvalue weighted by Gasteiger charge is 2.11. The van der Waals surface area contributed by atoms with Crippen LogP contribution in [-0.2, 0) is 11.2 Å². The number of benzene rings is 2. The SMILES string of the molecule is Cc1nc(-c2ccc(CCNC(=O)CNC(=O)c3cccc(OC(F)F)c3)cc2)cs1. The number of aromatic nitrogens is 1. The zero-order valence-corrected chi connectivity index (χ0v) is 17.5. The first-order valence-electron chi connectivity index (χ1n) is 9.52. The zero-order valence-electron chi connectivity index (χ0n) is 16.7. The van der Waals surface area contributed by atoms with Crippen LogP contribution in [0.4, 0.5) is 8.78 Å². The largest absolute Gasteiger partial charge is 0.435 e. The standard InChI is InChI=1S/C22H21F2N3O3S/c1-14-27-19(13-31-14)16-7-5-15(6-8-16)9-10-25-20(28)12-26-21(29)17-3-2-4-18(11-17)30-22(23)24/h2-8,11,13,22H,9-10,12H2,1H3,(H,25,28)(H,26,29). The van der Waals surface area contributed by atoms with Gasteiger partial charge >= 0.3 is 6.61 Å². The number of hydrogen-bond acceptors (Lipinski definition) is 5. The lowest BCUT2D eigenvalue weighted by molar-refractivity contribution is -0.120. The van der Waals surface area contributed by atoms with Crippen molar-refractivity contribution in [1.82, 2.24) is 15.6 Å². The molecule has 0 aliphatic rings. The second kappa shape index (κ2) is 10.6. The normalized spacial score (nSPS) is 10.7. The van der Waals surface area contributed by atoms with Gasteiger partial charge in [-0.2, -0.15) is 8.78 Å². The van der Waals surface area contributed by atoms with Gasteiger partial charge in [-0.1, -0.05) is 30.3 Å². The molecule has 1 aromatic heterocycles. The van der Waals surface area contributed by atoms with E-state index in [1.165, 1.54) is 24.3 Å². The lowest BCUT2D eigenvalue weighted by atomic mass is 10.1. The molecule has 2 amide bonds. The van der Waals surface area contributed by atoms with Gasteiger partial charge < -0.3 is 15.4 Å². The van der Waals surface area contributed by atoms with Crippen LogP contribution in [0, 0.1) is 6.92 Å². The van der Waals surface area contributed by atoms with Crippen molar-refractivity contribution in [3.8, 4) is 17.0 Å². The fraction of sp³-hybridized carbons (Fsp3) is 0.227. The van der Waals surface area contributed by atoms with Gasteiger partial charge in [-0.3, -0.25) is 9.59 Å². The molecular weight excluding hydrogens is 424 g/mol. The molecule has 3 aromatic rings. The van der Waals surface area contributed by atoms with E-state index in [9.17, 15) is 18.4 Å². The Morgan fingerprint density at radius 3 is 2.58 bits per heavy atom. The summed E-state index contributed by atoms with van der Waals surface area (Å²) < 4.78 is 28.8. The summed E-state index contributed by atoms with van der Waals surface area (Å²) in [6.07, 6.45) is 0.642. The van der Waals surface area contributed by atoms with Crippen molar-refractivity contribution >= 4 is 23.2 Å². The number of ether oxygens (including phenoxy) is 1. The Balaban J connectivity index is 1.41. The predicted octanol–water partition coefficient (Wildman–Crippen LogP) is 3.81. The molecular formula is C22H21F2N3O3S. The highest BCUT2D eigenvalue weighted by Crippen LogP contribution is 2.21. The monoisotopic (exact) mass is 445 g/mol. The molecule has 1 heterocycles. The number of nitrogens with one attached hydrogen (secondary N) is 2. The van der Waals surface area contributed by atoms with E-state index in [2.05, 4.69) is 20.4 Å². The Morgan fingerprint density at radius 1 is 1.13 bits per heavy atom. The van der Waals surface area contributed by atoms with Crippen molar-refractivity contribution < 1.29 is 23.1 Å². The Hall–Kier alpha value is -3.33. The zero-order chi connectivity index (χ0) is 22.2. The smallest absolute Gasteiger partial charge is 0.387 e. The second-order valence-corrected chi connectivity index (χ2v) is 7.70. The minimum Gasteiger partial charge on any atom is -0.435 e. The lowest BCUT2D eigenvalue weighted by Gasteiger charge is -2.09. The number of rotatable bonds is 9. The van der Waals surface area contributed by atoms with Gasteiger partial charge in [0.2, 0.25) is 5.91 Å². The molecule has 6 nitrogen and oxygen atoms in total. The average Bonchev–Trinajstić information content (AvgIpc) is 3.18.